The minimum atomic E-state index is -0.566. The van der Waals surface area contributed by atoms with Gasteiger partial charge in [0.2, 0.25) is 0 Å². The van der Waals surface area contributed by atoms with Crippen molar-refractivity contribution in [1.29, 1.82) is 0 Å². The van der Waals surface area contributed by atoms with E-state index in [0.29, 0.717) is 17.8 Å². The van der Waals surface area contributed by atoms with E-state index >= 15 is 0 Å². The van der Waals surface area contributed by atoms with Gasteiger partial charge in [0, 0.05) is 22.7 Å². The Kier molecular flexibility index (Phi) is 3.52. The molecule has 72 valence electrons. The topological polar surface area (TPSA) is 77.9 Å². The van der Waals surface area contributed by atoms with Crippen LogP contribution >= 0.6 is 0 Å². The Morgan fingerprint density at radius 3 is 2.93 bits per heavy atom. The Morgan fingerprint density at radius 1 is 1.57 bits per heavy atom. The van der Waals surface area contributed by atoms with E-state index in [2.05, 4.69) is 15.3 Å². The number of benzene rings is 1. The molecule has 1 rings (SSSR count). The summed E-state index contributed by atoms with van der Waals surface area (Å²) in [5.41, 5.74) is 9.22. The molecule has 0 fully saturated rings. The Balaban J connectivity index is 3.05. The molecule has 1 aromatic carbocycles. The lowest BCUT2D eigenvalue weighted by Gasteiger charge is -2.06. The quantitative estimate of drug-likeness (QED) is 0.451. The Labute approximate surface area is 81.4 Å². The highest BCUT2D eigenvalue weighted by atomic mass is 16.1. The Bertz CT molecular complexity index is 382. The van der Waals surface area contributed by atoms with E-state index in [1.54, 1.807) is 18.2 Å². The van der Waals surface area contributed by atoms with Crippen LogP contribution < -0.4 is 5.32 Å². The van der Waals surface area contributed by atoms with Crippen molar-refractivity contribution >= 4 is 11.6 Å². The van der Waals surface area contributed by atoms with Crippen LogP contribution in [0, 0.1) is 0 Å². The second-order valence-electron chi connectivity index (χ2n) is 2.57. The number of nitrogens with zero attached hydrogens (tertiary/aromatic N) is 3. The highest BCUT2D eigenvalue weighted by Crippen LogP contribution is 2.15. The highest BCUT2D eigenvalue weighted by molar-refractivity contribution is 6.00. The summed E-state index contributed by atoms with van der Waals surface area (Å²) in [6.45, 7) is 2.63. The standard InChI is InChI=1S/C9H10N4O/c1-2-11-8-6-4-3-5-7(8)9(14)12-13-10/h3-6,11H,2H2,1H3. The van der Waals surface area contributed by atoms with Crippen LogP contribution in [0.15, 0.2) is 29.4 Å². The summed E-state index contributed by atoms with van der Waals surface area (Å²) in [6, 6.07) is 6.92. The SMILES string of the molecule is CCNc1ccccc1C(=O)N=[N+]=[N-]. The van der Waals surface area contributed by atoms with Gasteiger partial charge in [0.1, 0.15) is 0 Å². The van der Waals surface area contributed by atoms with Gasteiger partial charge in [0.25, 0.3) is 5.91 Å². The summed E-state index contributed by atoms with van der Waals surface area (Å²) in [7, 11) is 0. The molecule has 1 N–H and O–H groups in total. The molecule has 0 aliphatic heterocycles. The summed E-state index contributed by atoms with van der Waals surface area (Å²) in [6.07, 6.45) is 0. The molecule has 0 aliphatic rings. The molecular weight excluding hydrogens is 180 g/mol. The summed E-state index contributed by atoms with van der Waals surface area (Å²) >= 11 is 0. The van der Waals surface area contributed by atoms with E-state index in [4.69, 9.17) is 5.53 Å². The summed E-state index contributed by atoms with van der Waals surface area (Å²) in [5.74, 6) is -0.566. The van der Waals surface area contributed by atoms with Crippen LogP contribution in [0.1, 0.15) is 17.3 Å². The number of azide groups is 1. The third kappa shape index (κ3) is 2.24. The van der Waals surface area contributed by atoms with Crippen molar-refractivity contribution in [2.24, 2.45) is 5.11 Å². The van der Waals surface area contributed by atoms with Crippen molar-refractivity contribution < 1.29 is 4.79 Å². The molecule has 5 heteroatoms. The first-order valence-electron chi connectivity index (χ1n) is 4.22. The van der Waals surface area contributed by atoms with E-state index in [-0.39, 0.29) is 0 Å². The number of hydrogen-bond donors (Lipinski definition) is 1. The fourth-order valence-electron chi connectivity index (χ4n) is 1.11. The zero-order chi connectivity index (χ0) is 10.4. The molecule has 0 heterocycles. The second-order valence-corrected chi connectivity index (χ2v) is 2.57. The van der Waals surface area contributed by atoms with Gasteiger partial charge in [-0.1, -0.05) is 12.1 Å². The molecule has 0 spiro atoms. The van der Waals surface area contributed by atoms with Gasteiger partial charge in [-0.3, -0.25) is 4.79 Å². The van der Waals surface area contributed by atoms with Crippen LogP contribution in [0.5, 0.6) is 0 Å². The van der Waals surface area contributed by atoms with Crippen molar-refractivity contribution in [3.8, 4) is 0 Å². The average Bonchev–Trinajstić information content (AvgIpc) is 2.19. The molecule has 1 amide bonds. The van der Waals surface area contributed by atoms with Gasteiger partial charge >= 0.3 is 0 Å². The van der Waals surface area contributed by atoms with Gasteiger partial charge in [0.15, 0.2) is 0 Å². The lowest BCUT2D eigenvalue weighted by Crippen LogP contribution is -2.03. The molecule has 0 unspecified atom stereocenters. The van der Waals surface area contributed by atoms with Gasteiger partial charge in [-0.05, 0) is 29.7 Å². The number of para-hydroxylation sites is 1. The summed E-state index contributed by atoms with van der Waals surface area (Å²) in [4.78, 5) is 13.7. The molecule has 14 heavy (non-hydrogen) atoms. The third-order valence-corrected chi connectivity index (χ3v) is 1.66. The van der Waals surface area contributed by atoms with Crippen molar-refractivity contribution in [3.05, 3.63) is 40.3 Å². The second kappa shape index (κ2) is 4.89. The van der Waals surface area contributed by atoms with Crippen LogP contribution in [-0.4, -0.2) is 12.5 Å². The molecule has 0 saturated carbocycles. The van der Waals surface area contributed by atoms with Crippen molar-refractivity contribution in [3.63, 3.8) is 0 Å². The van der Waals surface area contributed by atoms with Crippen molar-refractivity contribution in [2.45, 2.75) is 6.92 Å². The van der Waals surface area contributed by atoms with Crippen LogP contribution in [0.4, 0.5) is 5.69 Å². The predicted octanol–water partition coefficient (Wildman–Crippen LogP) is 2.57. The van der Waals surface area contributed by atoms with Crippen molar-refractivity contribution in [1.82, 2.24) is 0 Å². The van der Waals surface area contributed by atoms with E-state index in [1.807, 2.05) is 13.0 Å². The number of carbonyl (C=O) groups is 1. The van der Waals surface area contributed by atoms with Gasteiger partial charge < -0.3 is 5.32 Å². The maximum atomic E-state index is 11.3. The normalized spacial score (nSPS) is 8.93. The first-order valence-corrected chi connectivity index (χ1v) is 4.22. The number of amides is 1. The lowest BCUT2D eigenvalue weighted by molar-refractivity contribution is 0.100. The molecule has 1 aromatic rings. The number of anilines is 1. The van der Waals surface area contributed by atoms with E-state index in [1.165, 1.54) is 0 Å². The smallest absolute Gasteiger partial charge is 0.251 e. The maximum absolute atomic E-state index is 11.3. The number of nitrogens with one attached hydrogen (secondary N) is 1. The first kappa shape index (κ1) is 10.1. The molecule has 0 aliphatic carbocycles. The molecule has 0 saturated heterocycles. The monoisotopic (exact) mass is 190 g/mol. The van der Waals surface area contributed by atoms with Gasteiger partial charge in [0.05, 0.1) is 0 Å². The van der Waals surface area contributed by atoms with Gasteiger partial charge in [-0.25, -0.2) is 0 Å². The zero-order valence-electron chi connectivity index (χ0n) is 7.77. The van der Waals surface area contributed by atoms with Crippen molar-refractivity contribution in [2.75, 3.05) is 11.9 Å². The molecule has 0 bridgehead atoms. The van der Waals surface area contributed by atoms with Crippen LogP contribution in [-0.2, 0) is 0 Å². The lowest BCUT2D eigenvalue weighted by atomic mass is 10.1. The molecular formula is C9H10N4O. The van der Waals surface area contributed by atoms with Crippen LogP contribution in [0.25, 0.3) is 10.4 Å². The number of hydrogen-bond acceptors (Lipinski definition) is 2. The fourth-order valence-corrected chi connectivity index (χ4v) is 1.11. The minimum absolute atomic E-state index is 0.396. The molecule has 0 radical (unpaired) electrons. The Hall–Kier alpha value is -2.00. The first-order chi connectivity index (χ1) is 6.79. The van der Waals surface area contributed by atoms with Crippen LogP contribution in [0.2, 0.25) is 0 Å². The summed E-state index contributed by atoms with van der Waals surface area (Å²) in [5, 5.41) is 6.05. The van der Waals surface area contributed by atoms with Gasteiger partial charge in [-0.15, -0.1) is 0 Å². The third-order valence-electron chi connectivity index (χ3n) is 1.66. The Morgan fingerprint density at radius 2 is 2.29 bits per heavy atom. The number of carbonyl (C=O) groups excluding carboxylic acids is 1. The maximum Gasteiger partial charge on any atom is 0.251 e. The van der Waals surface area contributed by atoms with Gasteiger partial charge in [-0.2, -0.15) is 0 Å². The van der Waals surface area contributed by atoms with E-state index in [0.717, 1.165) is 0 Å². The fraction of sp³-hybridized carbons (Fsp3) is 0.222. The average molecular weight is 190 g/mol. The summed E-state index contributed by atoms with van der Waals surface area (Å²) < 4.78 is 0. The van der Waals surface area contributed by atoms with E-state index in [9.17, 15) is 4.79 Å². The molecule has 0 aromatic heterocycles. The molecule has 5 nitrogen and oxygen atoms in total. The molecule has 0 atom stereocenters. The van der Waals surface area contributed by atoms with E-state index < -0.39 is 5.91 Å². The largest absolute Gasteiger partial charge is 0.385 e. The zero-order valence-corrected chi connectivity index (χ0v) is 7.77. The minimum Gasteiger partial charge on any atom is -0.385 e. The highest BCUT2D eigenvalue weighted by Gasteiger charge is 2.07. The van der Waals surface area contributed by atoms with Crippen LogP contribution in [0.3, 0.4) is 0 Å². The number of rotatable bonds is 3. The predicted molar refractivity (Wildman–Crippen MR) is 54.1 cm³/mol.